The third-order valence-corrected chi connectivity index (χ3v) is 12.3. The third-order valence-electron chi connectivity index (χ3n) is 12.3. The Kier molecular flexibility index (Phi) is 32.2. The summed E-state index contributed by atoms with van der Waals surface area (Å²) in [6.07, 6.45) is 21.7. The van der Waals surface area contributed by atoms with Gasteiger partial charge in [-0.3, -0.25) is 28.8 Å². The molecule has 366 valence electrons. The maximum atomic E-state index is 14.2. The highest BCUT2D eigenvalue weighted by Gasteiger charge is 2.41. The molecule has 12 nitrogen and oxygen atoms in total. The van der Waals surface area contributed by atoms with Gasteiger partial charge in [-0.2, -0.15) is 0 Å². The van der Waals surface area contributed by atoms with Crippen LogP contribution < -0.4 is 31.9 Å². The zero-order chi connectivity index (χ0) is 47.0. The number of hydrogen-bond donors (Lipinski definition) is 6. The highest BCUT2D eigenvalue weighted by molar-refractivity contribution is 5.92. The normalized spacial score (nSPS) is 17.8. The minimum atomic E-state index is -0.754. The largest absolute Gasteiger partial charge is 0.354 e. The number of carbonyl (C=O) groups excluding carboxylic acids is 6. The fourth-order valence-electron chi connectivity index (χ4n) is 8.66. The fourth-order valence-corrected chi connectivity index (χ4v) is 8.66. The Balaban J connectivity index is 3.27. The monoisotopic (exact) mass is 889 g/mol. The Morgan fingerprint density at radius 1 is 0.365 bits per heavy atom. The predicted octanol–water partition coefficient (Wildman–Crippen LogP) is 9.04. The number of hydrogen-bond acceptors (Lipinski definition) is 6. The zero-order valence-corrected chi connectivity index (χ0v) is 41.7. The van der Waals surface area contributed by atoms with Crippen molar-refractivity contribution in [3.63, 3.8) is 0 Å². The lowest BCUT2D eigenvalue weighted by atomic mass is 9.73. The van der Waals surface area contributed by atoms with Gasteiger partial charge in [0.05, 0.1) is 0 Å². The summed E-state index contributed by atoms with van der Waals surface area (Å²) in [4.78, 5) is 83.2. The van der Waals surface area contributed by atoms with Crippen LogP contribution >= 0.6 is 0 Å². The fraction of sp³-hybridized carbons (Fsp3) is 0.882. The van der Waals surface area contributed by atoms with Crippen LogP contribution in [0.3, 0.4) is 0 Å². The van der Waals surface area contributed by atoms with Gasteiger partial charge in [-0.15, -0.1) is 0 Å². The van der Waals surface area contributed by atoms with E-state index in [2.05, 4.69) is 52.7 Å². The van der Waals surface area contributed by atoms with Gasteiger partial charge in [0.2, 0.25) is 35.4 Å². The number of nitrogens with one attached hydrogen (secondary N) is 6. The SMILES string of the molecule is CCCCCCCCNC(=O)[C@H](CC(C)C)NC(=O)C1CC(C(=O)N[C@@H](CC(C)C)C(=O)NCCCCCCCC)CC(C(=O)N[C@@H](CC(C)C)C(=O)NCCCCCCCC)C1. The van der Waals surface area contributed by atoms with E-state index in [4.69, 9.17) is 0 Å². The molecule has 1 aliphatic rings. The van der Waals surface area contributed by atoms with E-state index >= 15 is 0 Å². The summed E-state index contributed by atoms with van der Waals surface area (Å²) < 4.78 is 0. The predicted molar refractivity (Wildman–Crippen MR) is 258 cm³/mol. The molecule has 0 aromatic rings. The smallest absolute Gasteiger partial charge is 0.242 e. The first-order chi connectivity index (χ1) is 30.1. The number of amides is 6. The van der Waals surface area contributed by atoms with Gasteiger partial charge in [0.15, 0.2) is 0 Å². The number of unbranched alkanes of at least 4 members (excludes halogenated alkanes) is 15. The van der Waals surface area contributed by atoms with Gasteiger partial charge in [-0.05, 0) is 75.5 Å². The van der Waals surface area contributed by atoms with Crippen molar-refractivity contribution in [2.75, 3.05) is 19.6 Å². The average molecular weight is 889 g/mol. The molecule has 6 amide bonds. The molecule has 1 aliphatic carbocycles. The Labute approximate surface area is 384 Å². The molecule has 3 atom stereocenters. The van der Waals surface area contributed by atoms with Crippen LogP contribution in [0.4, 0.5) is 0 Å². The maximum Gasteiger partial charge on any atom is 0.242 e. The van der Waals surface area contributed by atoms with E-state index in [1.165, 1.54) is 57.8 Å². The standard InChI is InChI=1S/C51H96N6O6/c1-10-13-16-19-22-25-28-52-49(61)43(31-37(4)5)55-46(58)40-34-41(47(59)56-44(32-38(6)7)50(62)53-29-26-23-20-17-14-11-2)36-42(35-40)48(60)57-45(33-39(8)9)51(63)54-30-27-24-21-18-15-12-3/h37-45H,10-36H2,1-9H3,(H,52,61)(H,53,62)(H,54,63)(H,55,58)(H,56,59)(H,57,60)/t40?,41?,42?,43-,44-,45-/m0/s1. The molecule has 0 aromatic heterocycles. The van der Waals surface area contributed by atoms with Crippen molar-refractivity contribution in [3.05, 3.63) is 0 Å². The summed E-state index contributed by atoms with van der Waals surface area (Å²) in [5.74, 6) is -3.57. The molecule has 0 unspecified atom stereocenters. The van der Waals surface area contributed by atoms with E-state index in [1.54, 1.807) is 0 Å². The summed E-state index contributed by atoms with van der Waals surface area (Å²) >= 11 is 0. The van der Waals surface area contributed by atoms with Crippen LogP contribution in [0.25, 0.3) is 0 Å². The molecule has 1 saturated carbocycles. The Bertz CT molecular complexity index is 1130. The summed E-state index contributed by atoms with van der Waals surface area (Å²) in [6.45, 7) is 20.2. The lowest BCUT2D eigenvalue weighted by Crippen LogP contribution is -2.54. The topological polar surface area (TPSA) is 175 Å². The molecule has 0 aliphatic heterocycles. The Hall–Kier alpha value is -3.18. The van der Waals surface area contributed by atoms with Gasteiger partial charge < -0.3 is 31.9 Å². The summed E-state index contributed by atoms with van der Waals surface area (Å²) in [7, 11) is 0. The zero-order valence-electron chi connectivity index (χ0n) is 41.7. The molecular weight excluding hydrogens is 793 g/mol. The maximum absolute atomic E-state index is 14.2. The molecule has 0 radical (unpaired) electrons. The van der Waals surface area contributed by atoms with Crippen LogP contribution in [-0.4, -0.2) is 73.2 Å². The van der Waals surface area contributed by atoms with E-state index in [0.717, 1.165) is 57.8 Å². The van der Waals surface area contributed by atoms with Gasteiger partial charge in [0, 0.05) is 37.4 Å². The molecule has 0 spiro atoms. The molecule has 0 bridgehead atoms. The van der Waals surface area contributed by atoms with E-state index in [9.17, 15) is 28.8 Å². The number of carbonyl (C=O) groups is 6. The van der Waals surface area contributed by atoms with E-state index in [1.807, 2.05) is 41.5 Å². The van der Waals surface area contributed by atoms with Crippen LogP contribution in [0.2, 0.25) is 0 Å². The van der Waals surface area contributed by atoms with Crippen molar-refractivity contribution < 1.29 is 28.8 Å². The van der Waals surface area contributed by atoms with Crippen molar-refractivity contribution in [2.24, 2.45) is 35.5 Å². The van der Waals surface area contributed by atoms with E-state index < -0.39 is 35.9 Å². The second-order valence-electron chi connectivity index (χ2n) is 20.0. The van der Waals surface area contributed by atoms with Crippen LogP contribution in [-0.2, 0) is 28.8 Å². The minimum Gasteiger partial charge on any atom is -0.354 e. The second kappa shape index (κ2) is 35.1. The lowest BCUT2D eigenvalue weighted by Gasteiger charge is -2.35. The summed E-state index contributed by atoms with van der Waals surface area (Å²) in [6, 6.07) is -2.26. The number of rotatable bonds is 36. The Morgan fingerprint density at radius 3 is 0.810 bits per heavy atom. The van der Waals surface area contributed by atoms with Gasteiger partial charge in [0.25, 0.3) is 0 Å². The molecule has 0 saturated heterocycles. The highest BCUT2D eigenvalue weighted by Crippen LogP contribution is 2.35. The molecule has 1 fully saturated rings. The van der Waals surface area contributed by atoms with Gasteiger partial charge in [0.1, 0.15) is 18.1 Å². The van der Waals surface area contributed by atoms with Crippen molar-refractivity contribution in [1.82, 2.24) is 31.9 Å². The molecule has 63 heavy (non-hydrogen) atoms. The molecule has 6 N–H and O–H groups in total. The highest BCUT2D eigenvalue weighted by atomic mass is 16.2. The Morgan fingerprint density at radius 2 is 0.587 bits per heavy atom. The van der Waals surface area contributed by atoms with Gasteiger partial charge >= 0.3 is 0 Å². The lowest BCUT2D eigenvalue weighted by molar-refractivity contribution is -0.139. The van der Waals surface area contributed by atoms with Crippen molar-refractivity contribution in [1.29, 1.82) is 0 Å². The quantitative estimate of drug-likeness (QED) is 0.0343. The molecule has 12 heteroatoms. The third kappa shape index (κ3) is 27.0. The van der Waals surface area contributed by atoms with Crippen LogP contribution in [0.15, 0.2) is 0 Å². The first-order valence-electron chi connectivity index (χ1n) is 25.9. The first kappa shape index (κ1) is 57.8. The van der Waals surface area contributed by atoms with Gasteiger partial charge in [-0.25, -0.2) is 0 Å². The summed E-state index contributed by atoms with van der Waals surface area (Å²) in [5.41, 5.74) is 0. The van der Waals surface area contributed by atoms with Crippen molar-refractivity contribution in [2.45, 2.75) is 235 Å². The van der Waals surface area contributed by atoms with Crippen LogP contribution in [0.5, 0.6) is 0 Å². The van der Waals surface area contributed by atoms with E-state index in [0.29, 0.717) is 38.9 Å². The van der Waals surface area contributed by atoms with E-state index in [-0.39, 0.29) is 72.5 Å². The second-order valence-corrected chi connectivity index (χ2v) is 20.0. The first-order valence-corrected chi connectivity index (χ1v) is 25.9. The minimum absolute atomic E-state index is 0.133. The van der Waals surface area contributed by atoms with Crippen molar-refractivity contribution in [3.8, 4) is 0 Å². The van der Waals surface area contributed by atoms with Crippen LogP contribution in [0, 0.1) is 35.5 Å². The summed E-state index contributed by atoms with van der Waals surface area (Å²) in [5, 5.41) is 18.2. The molecule has 0 aromatic carbocycles. The molecule has 0 heterocycles. The van der Waals surface area contributed by atoms with Crippen molar-refractivity contribution >= 4 is 35.4 Å². The van der Waals surface area contributed by atoms with Crippen LogP contribution in [0.1, 0.15) is 216 Å². The average Bonchev–Trinajstić information content (AvgIpc) is 3.23. The van der Waals surface area contributed by atoms with Gasteiger partial charge in [-0.1, -0.05) is 159 Å². The molecular formula is C51H96N6O6. The molecule has 1 rings (SSSR count).